The number of hydrogen-bond donors (Lipinski definition) is 1. The highest BCUT2D eigenvalue weighted by atomic mass is 35.5. The van der Waals surface area contributed by atoms with E-state index in [1.165, 1.54) is 12.8 Å². The Labute approximate surface area is 197 Å². The van der Waals surface area contributed by atoms with Crippen LogP contribution >= 0.6 is 11.6 Å². The highest BCUT2D eigenvalue weighted by molar-refractivity contribution is 6.31. The molecule has 8 heteroatoms. The molecule has 33 heavy (non-hydrogen) atoms. The van der Waals surface area contributed by atoms with Crippen molar-refractivity contribution < 1.29 is 18.0 Å². The first-order valence-electron chi connectivity index (χ1n) is 11.5. The maximum Gasteiger partial charge on any atom is 0.416 e. The second-order valence-corrected chi connectivity index (χ2v) is 9.60. The maximum atomic E-state index is 13.6. The van der Waals surface area contributed by atoms with E-state index in [2.05, 4.69) is 17.1 Å². The van der Waals surface area contributed by atoms with Crippen molar-refractivity contribution >= 4 is 28.9 Å². The normalized spacial score (nSPS) is 19.0. The van der Waals surface area contributed by atoms with Gasteiger partial charge >= 0.3 is 6.18 Å². The standard InChI is InChI=1S/C25H29ClF3N3O/c1-17-5-9-31(10-6-17)22-7-11-32(12-8-22)23-14-18(13-19(15-23)25(27,28)29)24(33)30-21-4-2-3-20(26)16-21/h2-4,13-17,22H,5-12H2,1H3,(H,30,33). The molecule has 0 bridgehead atoms. The number of benzene rings is 2. The van der Waals surface area contributed by atoms with Gasteiger partial charge in [0.1, 0.15) is 0 Å². The average Bonchev–Trinajstić information content (AvgIpc) is 2.79. The van der Waals surface area contributed by atoms with Gasteiger partial charge in [0.2, 0.25) is 0 Å². The lowest BCUT2D eigenvalue weighted by Crippen LogP contribution is -2.47. The fourth-order valence-corrected chi connectivity index (χ4v) is 4.93. The Kier molecular flexibility index (Phi) is 7.19. The number of nitrogens with one attached hydrogen (secondary N) is 1. The number of anilines is 2. The van der Waals surface area contributed by atoms with Crippen molar-refractivity contribution in [3.8, 4) is 0 Å². The van der Waals surface area contributed by atoms with E-state index in [1.807, 2.05) is 4.90 Å². The van der Waals surface area contributed by atoms with Crippen LogP contribution in [0.2, 0.25) is 5.02 Å². The molecule has 4 rings (SSSR count). The number of amides is 1. The fourth-order valence-electron chi connectivity index (χ4n) is 4.74. The molecule has 1 amide bonds. The van der Waals surface area contributed by atoms with Crippen molar-refractivity contribution in [3.63, 3.8) is 0 Å². The Balaban J connectivity index is 1.50. The number of hydrogen-bond acceptors (Lipinski definition) is 3. The van der Waals surface area contributed by atoms with Gasteiger partial charge in [0, 0.05) is 41.1 Å². The van der Waals surface area contributed by atoms with Gasteiger partial charge in [-0.05, 0) is 81.1 Å². The topological polar surface area (TPSA) is 35.6 Å². The Hall–Kier alpha value is -2.25. The number of alkyl halides is 3. The van der Waals surface area contributed by atoms with Gasteiger partial charge in [-0.25, -0.2) is 0 Å². The first kappa shape index (κ1) is 23.9. The summed E-state index contributed by atoms with van der Waals surface area (Å²) in [5, 5.41) is 3.08. The van der Waals surface area contributed by atoms with Crippen LogP contribution in [0, 0.1) is 5.92 Å². The van der Waals surface area contributed by atoms with Crippen LogP contribution < -0.4 is 10.2 Å². The van der Waals surface area contributed by atoms with Crippen LogP contribution in [0.1, 0.15) is 48.5 Å². The van der Waals surface area contributed by atoms with E-state index in [0.29, 0.717) is 35.5 Å². The summed E-state index contributed by atoms with van der Waals surface area (Å²) >= 11 is 5.95. The van der Waals surface area contributed by atoms with E-state index >= 15 is 0 Å². The highest BCUT2D eigenvalue weighted by Gasteiger charge is 2.33. The largest absolute Gasteiger partial charge is 0.416 e. The molecule has 2 heterocycles. The van der Waals surface area contributed by atoms with Crippen molar-refractivity contribution in [1.82, 2.24) is 4.90 Å². The summed E-state index contributed by atoms with van der Waals surface area (Å²) < 4.78 is 40.9. The van der Waals surface area contributed by atoms with E-state index in [9.17, 15) is 18.0 Å². The SMILES string of the molecule is CC1CCN(C2CCN(c3cc(C(=O)Nc4cccc(Cl)c4)cc(C(F)(F)F)c3)CC2)CC1. The van der Waals surface area contributed by atoms with E-state index in [1.54, 1.807) is 30.3 Å². The molecule has 4 nitrogen and oxygen atoms in total. The fraction of sp³-hybridized carbons (Fsp3) is 0.480. The van der Waals surface area contributed by atoms with Crippen molar-refractivity contribution in [2.45, 2.75) is 44.8 Å². The molecule has 2 aliphatic rings. The molecular formula is C25H29ClF3N3O. The zero-order valence-electron chi connectivity index (χ0n) is 18.7. The minimum absolute atomic E-state index is 0.0213. The lowest BCUT2D eigenvalue weighted by molar-refractivity contribution is -0.137. The van der Waals surface area contributed by atoms with Crippen LogP contribution in [0.4, 0.5) is 24.5 Å². The van der Waals surface area contributed by atoms with Crippen LogP contribution in [-0.4, -0.2) is 43.0 Å². The molecule has 2 aliphatic heterocycles. The molecule has 0 aromatic heterocycles. The Morgan fingerprint density at radius 2 is 1.70 bits per heavy atom. The average molecular weight is 480 g/mol. The molecule has 2 aromatic rings. The summed E-state index contributed by atoms with van der Waals surface area (Å²) in [6.45, 7) is 5.83. The Bertz CT molecular complexity index is 981. The third-order valence-electron chi connectivity index (χ3n) is 6.75. The van der Waals surface area contributed by atoms with Crippen LogP contribution in [0.25, 0.3) is 0 Å². The van der Waals surface area contributed by atoms with Gasteiger partial charge in [-0.2, -0.15) is 13.2 Å². The smallest absolute Gasteiger partial charge is 0.371 e. The van der Waals surface area contributed by atoms with Gasteiger partial charge < -0.3 is 15.1 Å². The third-order valence-corrected chi connectivity index (χ3v) is 6.99. The summed E-state index contributed by atoms with van der Waals surface area (Å²) in [6, 6.07) is 10.6. The second kappa shape index (κ2) is 9.94. The van der Waals surface area contributed by atoms with Crippen molar-refractivity contribution in [2.75, 3.05) is 36.4 Å². The van der Waals surface area contributed by atoms with E-state index in [-0.39, 0.29) is 5.56 Å². The van der Waals surface area contributed by atoms with Gasteiger partial charge in [0.25, 0.3) is 5.91 Å². The summed E-state index contributed by atoms with van der Waals surface area (Å²) in [4.78, 5) is 17.3. The molecule has 2 fully saturated rings. The van der Waals surface area contributed by atoms with E-state index in [4.69, 9.17) is 11.6 Å². The summed E-state index contributed by atoms with van der Waals surface area (Å²) in [7, 11) is 0. The predicted octanol–water partition coefficient (Wildman–Crippen LogP) is 6.31. The lowest BCUT2D eigenvalue weighted by atomic mass is 9.94. The van der Waals surface area contributed by atoms with Gasteiger partial charge in [-0.1, -0.05) is 24.6 Å². The molecule has 0 aliphatic carbocycles. The quantitative estimate of drug-likeness (QED) is 0.558. The maximum absolute atomic E-state index is 13.6. The van der Waals surface area contributed by atoms with Crippen LogP contribution in [0.15, 0.2) is 42.5 Å². The number of likely N-dealkylation sites (tertiary alicyclic amines) is 1. The lowest BCUT2D eigenvalue weighted by Gasteiger charge is -2.42. The van der Waals surface area contributed by atoms with E-state index in [0.717, 1.165) is 44.0 Å². The summed E-state index contributed by atoms with van der Waals surface area (Å²) in [5.74, 6) is 0.171. The molecule has 2 aromatic carbocycles. The van der Waals surface area contributed by atoms with Crippen LogP contribution in [-0.2, 0) is 6.18 Å². The number of carbonyl (C=O) groups excluding carboxylic acids is 1. The second-order valence-electron chi connectivity index (χ2n) is 9.17. The highest BCUT2D eigenvalue weighted by Crippen LogP contribution is 2.34. The Morgan fingerprint density at radius 3 is 2.33 bits per heavy atom. The van der Waals surface area contributed by atoms with Crippen molar-refractivity contribution in [1.29, 1.82) is 0 Å². The first-order valence-corrected chi connectivity index (χ1v) is 11.8. The van der Waals surface area contributed by atoms with Crippen LogP contribution in [0.5, 0.6) is 0 Å². The molecule has 178 valence electrons. The Morgan fingerprint density at radius 1 is 1.00 bits per heavy atom. The van der Waals surface area contributed by atoms with Crippen molar-refractivity contribution in [3.05, 3.63) is 58.6 Å². The molecule has 0 atom stereocenters. The molecule has 1 N–H and O–H groups in total. The number of carbonyl (C=O) groups is 1. The molecule has 0 spiro atoms. The number of halogens is 4. The number of rotatable bonds is 4. The summed E-state index contributed by atoms with van der Waals surface area (Å²) in [6.07, 6.45) is -0.300. The van der Waals surface area contributed by atoms with Gasteiger partial charge in [-0.3, -0.25) is 4.79 Å². The molecule has 0 saturated carbocycles. The van der Waals surface area contributed by atoms with Gasteiger partial charge in [0.05, 0.1) is 5.56 Å². The minimum Gasteiger partial charge on any atom is -0.371 e. The monoisotopic (exact) mass is 479 g/mol. The van der Waals surface area contributed by atoms with E-state index < -0.39 is 17.6 Å². The zero-order valence-corrected chi connectivity index (χ0v) is 19.4. The van der Waals surface area contributed by atoms with Gasteiger partial charge in [0.15, 0.2) is 0 Å². The predicted molar refractivity (Wildman–Crippen MR) is 126 cm³/mol. The zero-order chi connectivity index (χ0) is 23.6. The third kappa shape index (κ3) is 6.01. The molecule has 0 radical (unpaired) electrons. The molecule has 0 unspecified atom stereocenters. The molecule has 2 saturated heterocycles. The molecular weight excluding hydrogens is 451 g/mol. The number of nitrogens with zero attached hydrogens (tertiary/aromatic N) is 2. The first-order chi connectivity index (χ1) is 15.7. The number of piperidine rings is 2. The van der Waals surface area contributed by atoms with Crippen molar-refractivity contribution in [2.24, 2.45) is 5.92 Å². The summed E-state index contributed by atoms with van der Waals surface area (Å²) in [5.41, 5.74) is 0.0326. The van der Waals surface area contributed by atoms with Crippen LogP contribution in [0.3, 0.4) is 0 Å². The minimum atomic E-state index is -4.54. The van der Waals surface area contributed by atoms with Gasteiger partial charge in [-0.15, -0.1) is 0 Å².